The van der Waals surface area contributed by atoms with Crippen LogP contribution in [0.1, 0.15) is 18.1 Å². The summed E-state index contributed by atoms with van der Waals surface area (Å²) < 4.78 is 6.30. The average Bonchev–Trinajstić information content (AvgIpc) is 3.32. The molecule has 0 atom stereocenters. The molecule has 0 saturated carbocycles. The van der Waals surface area contributed by atoms with E-state index in [0.717, 1.165) is 33.1 Å². The molecule has 0 saturated heterocycles. The SMILES string of the molecule is C=Cc1cc2oc3ccc(-c4c5ccccc5c(-c5ccccc5)c5ccccc45)cc3c2cc1/C=C\C. The normalized spacial score (nSPS) is 11.8. The maximum atomic E-state index is 6.30. The third-order valence-corrected chi connectivity index (χ3v) is 7.52. The Kier molecular flexibility index (Phi) is 5.23. The highest BCUT2D eigenvalue weighted by atomic mass is 16.3. The van der Waals surface area contributed by atoms with Crippen molar-refractivity contribution < 1.29 is 4.42 Å². The summed E-state index contributed by atoms with van der Waals surface area (Å²) in [5.74, 6) is 0. The zero-order chi connectivity index (χ0) is 25.6. The van der Waals surface area contributed by atoms with Gasteiger partial charge in [-0.2, -0.15) is 0 Å². The Hall–Kier alpha value is -4.88. The Labute approximate surface area is 222 Å². The van der Waals surface area contributed by atoms with E-state index in [-0.39, 0.29) is 0 Å². The Morgan fingerprint density at radius 2 is 1.11 bits per heavy atom. The molecule has 7 rings (SSSR count). The number of fused-ring (bicyclic) bond motifs is 5. The minimum absolute atomic E-state index is 0.884. The first-order chi connectivity index (χ1) is 18.8. The second-order valence-electron chi connectivity index (χ2n) is 9.70. The zero-order valence-electron chi connectivity index (χ0n) is 21.2. The van der Waals surface area contributed by atoms with Crippen molar-refractivity contribution in [1.82, 2.24) is 0 Å². The molecule has 180 valence electrons. The summed E-state index contributed by atoms with van der Waals surface area (Å²) in [6, 6.07) is 39.2. The van der Waals surface area contributed by atoms with Gasteiger partial charge in [-0.05, 0) is 86.1 Å². The third-order valence-electron chi connectivity index (χ3n) is 7.52. The van der Waals surface area contributed by atoms with Crippen LogP contribution in [0.25, 0.3) is 77.9 Å². The number of benzene rings is 6. The van der Waals surface area contributed by atoms with Gasteiger partial charge < -0.3 is 4.42 Å². The van der Waals surface area contributed by atoms with E-state index in [0.29, 0.717) is 0 Å². The van der Waals surface area contributed by atoms with Gasteiger partial charge in [0, 0.05) is 10.8 Å². The molecule has 1 aromatic heterocycles. The van der Waals surface area contributed by atoms with Crippen molar-refractivity contribution in [2.24, 2.45) is 0 Å². The monoisotopic (exact) mass is 486 g/mol. The van der Waals surface area contributed by atoms with Gasteiger partial charge in [0.15, 0.2) is 0 Å². The standard InChI is InChI=1S/C37H26O/c1-3-12-26-21-33-32-22-27(19-20-34(32)38-35(33)23-24(26)4-2)37-30-17-10-8-15-28(30)36(25-13-6-5-7-14-25)29-16-9-11-18-31(29)37/h3-23H,2H2,1H3/b12-3-. The molecule has 0 spiro atoms. The van der Waals surface area contributed by atoms with Crippen molar-refractivity contribution in [1.29, 1.82) is 0 Å². The van der Waals surface area contributed by atoms with Crippen LogP contribution in [0.2, 0.25) is 0 Å². The first-order valence-corrected chi connectivity index (χ1v) is 13.0. The lowest BCUT2D eigenvalue weighted by atomic mass is 9.86. The second kappa shape index (κ2) is 8.90. The lowest BCUT2D eigenvalue weighted by molar-refractivity contribution is 0.669. The molecule has 0 aliphatic carbocycles. The van der Waals surface area contributed by atoms with Crippen molar-refractivity contribution in [2.75, 3.05) is 0 Å². The highest BCUT2D eigenvalue weighted by Gasteiger charge is 2.18. The largest absolute Gasteiger partial charge is 0.456 e. The van der Waals surface area contributed by atoms with Crippen LogP contribution in [-0.2, 0) is 0 Å². The molecule has 1 nitrogen and oxygen atoms in total. The molecular formula is C37H26O. The van der Waals surface area contributed by atoms with Gasteiger partial charge in [0.1, 0.15) is 11.2 Å². The molecule has 0 aliphatic heterocycles. The molecule has 7 aromatic rings. The number of allylic oxidation sites excluding steroid dienone is 1. The van der Waals surface area contributed by atoms with E-state index in [2.05, 4.69) is 128 Å². The molecule has 1 heterocycles. The van der Waals surface area contributed by atoms with Crippen LogP contribution in [0.15, 0.2) is 126 Å². The van der Waals surface area contributed by atoms with E-state index in [1.807, 2.05) is 13.0 Å². The molecular weight excluding hydrogens is 460 g/mol. The number of furan rings is 1. The predicted molar refractivity (Wildman–Crippen MR) is 164 cm³/mol. The Morgan fingerprint density at radius 1 is 0.526 bits per heavy atom. The van der Waals surface area contributed by atoms with Crippen LogP contribution in [0.4, 0.5) is 0 Å². The highest BCUT2D eigenvalue weighted by molar-refractivity contribution is 6.22. The molecule has 0 unspecified atom stereocenters. The second-order valence-corrected chi connectivity index (χ2v) is 9.70. The zero-order valence-corrected chi connectivity index (χ0v) is 21.2. The fourth-order valence-electron chi connectivity index (χ4n) is 5.87. The van der Waals surface area contributed by atoms with Gasteiger partial charge in [-0.1, -0.05) is 110 Å². The summed E-state index contributed by atoms with van der Waals surface area (Å²) in [5.41, 5.74) is 8.95. The summed E-state index contributed by atoms with van der Waals surface area (Å²) in [7, 11) is 0. The van der Waals surface area contributed by atoms with E-state index in [1.165, 1.54) is 43.8 Å². The van der Waals surface area contributed by atoms with Crippen LogP contribution in [0, 0.1) is 0 Å². The molecule has 0 aliphatic rings. The van der Waals surface area contributed by atoms with Crippen LogP contribution in [-0.4, -0.2) is 0 Å². The summed E-state index contributed by atoms with van der Waals surface area (Å²) in [4.78, 5) is 0. The molecule has 0 bridgehead atoms. The Bertz CT molecular complexity index is 1980. The fourth-order valence-corrected chi connectivity index (χ4v) is 5.87. The quantitative estimate of drug-likeness (QED) is 0.225. The van der Waals surface area contributed by atoms with E-state index in [9.17, 15) is 0 Å². The molecule has 0 fully saturated rings. The number of rotatable bonds is 4. The van der Waals surface area contributed by atoms with E-state index in [4.69, 9.17) is 4.42 Å². The van der Waals surface area contributed by atoms with Crippen molar-refractivity contribution in [3.63, 3.8) is 0 Å². The van der Waals surface area contributed by atoms with Crippen molar-refractivity contribution in [2.45, 2.75) is 6.92 Å². The van der Waals surface area contributed by atoms with Gasteiger partial charge in [-0.3, -0.25) is 0 Å². The van der Waals surface area contributed by atoms with Crippen molar-refractivity contribution in [3.05, 3.63) is 133 Å². The maximum absolute atomic E-state index is 6.30. The molecule has 38 heavy (non-hydrogen) atoms. The minimum atomic E-state index is 0.884. The van der Waals surface area contributed by atoms with Gasteiger partial charge in [-0.25, -0.2) is 0 Å². The molecule has 0 radical (unpaired) electrons. The lowest BCUT2D eigenvalue weighted by Gasteiger charge is -2.17. The van der Waals surface area contributed by atoms with Crippen LogP contribution in [0.3, 0.4) is 0 Å². The lowest BCUT2D eigenvalue weighted by Crippen LogP contribution is -1.90. The Balaban J connectivity index is 1.57. The van der Waals surface area contributed by atoms with Crippen molar-refractivity contribution >= 4 is 55.6 Å². The van der Waals surface area contributed by atoms with Crippen LogP contribution >= 0.6 is 0 Å². The van der Waals surface area contributed by atoms with Gasteiger partial charge in [0.2, 0.25) is 0 Å². The molecule has 0 amide bonds. The third kappa shape index (κ3) is 3.40. The minimum Gasteiger partial charge on any atom is -0.456 e. The van der Waals surface area contributed by atoms with Gasteiger partial charge in [0.25, 0.3) is 0 Å². The molecule has 0 N–H and O–H groups in total. The summed E-state index contributed by atoms with van der Waals surface area (Å²) in [6.07, 6.45) is 6.08. The topological polar surface area (TPSA) is 13.1 Å². The summed E-state index contributed by atoms with van der Waals surface area (Å²) in [5, 5.41) is 7.27. The first-order valence-electron chi connectivity index (χ1n) is 13.0. The first kappa shape index (κ1) is 22.3. The molecule has 6 aromatic carbocycles. The average molecular weight is 487 g/mol. The molecule has 1 heteroatoms. The Morgan fingerprint density at radius 3 is 1.71 bits per heavy atom. The summed E-state index contributed by atoms with van der Waals surface area (Å²) in [6.45, 7) is 6.04. The fraction of sp³-hybridized carbons (Fsp3) is 0.0270. The highest BCUT2D eigenvalue weighted by Crippen LogP contribution is 2.44. The summed E-state index contributed by atoms with van der Waals surface area (Å²) >= 11 is 0. The maximum Gasteiger partial charge on any atom is 0.136 e. The number of hydrogen-bond acceptors (Lipinski definition) is 1. The van der Waals surface area contributed by atoms with Gasteiger partial charge in [0.05, 0.1) is 0 Å². The smallest absolute Gasteiger partial charge is 0.136 e. The van der Waals surface area contributed by atoms with E-state index in [1.54, 1.807) is 0 Å². The van der Waals surface area contributed by atoms with E-state index < -0.39 is 0 Å². The van der Waals surface area contributed by atoms with Gasteiger partial charge >= 0.3 is 0 Å². The predicted octanol–water partition coefficient (Wildman–Crippen LogP) is 10.9. The van der Waals surface area contributed by atoms with Gasteiger partial charge in [-0.15, -0.1) is 0 Å². The van der Waals surface area contributed by atoms with Crippen LogP contribution in [0.5, 0.6) is 0 Å². The van der Waals surface area contributed by atoms with Crippen LogP contribution < -0.4 is 0 Å². The number of hydrogen-bond donors (Lipinski definition) is 0. The van der Waals surface area contributed by atoms with E-state index >= 15 is 0 Å². The van der Waals surface area contributed by atoms with Crippen molar-refractivity contribution in [3.8, 4) is 22.3 Å².